The molecule has 0 rings (SSSR count). The molecule has 0 aliphatic rings. The second kappa shape index (κ2) is 2.48. The predicted molar refractivity (Wildman–Crippen MR) is 25.8 cm³/mol. The van der Waals surface area contributed by atoms with Crippen molar-refractivity contribution in [2.45, 2.75) is 5.38 Å². The van der Waals surface area contributed by atoms with Crippen molar-refractivity contribution >= 4 is 23.2 Å². The van der Waals surface area contributed by atoms with E-state index in [1.165, 1.54) is 0 Å². The van der Waals surface area contributed by atoms with Gasteiger partial charge in [-0.1, -0.05) is 11.6 Å². The Morgan fingerprint density at radius 3 is 1.86 bits per heavy atom. The van der Waals surface area contributed by atoms with E-state index in [1.54, 1.807) is 0 Å². The molecule has 0 nitrogen and oxygen atoms in total. The first-order valence-electron chi connectivity index (χ1n) is 1.41. The standard InChI is InChI=1S/C3H2Cl2F2/c4-2-1-3(5,6)7/h1-2H/b2-1-. The molecule has 0 saturated carbocycles. The SMILES string of the molecule is FC(F)(Cl)/C=C\Cl. The fraction of sp³-hybridized carbons (Fsp3) is 0.333. The van der Waals surface area contributed by atoms with Crippen LogP contribution in [0.15, 0.2) is 11.6 Å². The third-order valence-corrected chi connectivity index (χ3v) is 0.504. The molecule has 42 valence electrons. The van der Waals surface area contributed by atoms with Gasteiger partial charge in [0.05, 0.1) is 0 Å². The first kappa shape index (κ1) is 7.18. The van der Waals surface area contributed by atoms with Gasteiger partial charge in [-0.2, -0.15) is 8.78 Å². The average Bonchev–Trinajstić information content (AvgIpc) is 1.30. The normalized spacial score (nSPS) is 13.1. The van der Waals surface area contributed by atoms with Crippen molar-refractivity contribution in [2.24, 2.45) is 0 Å². The Kier molecular flexibility index (Phi) is 2.54. The summed E-state index contributed by atoms with van der Waals surface area (Å²) in [7, 11) is 0. The monoisotopic (exact) mass is 146 g/mol. The molecule has 0 atom stereocenters. The summed E-state index contributed by atoms with van der Waals surface area (Å²) in [6, 6.07) is 0. The zero-order valence-electron chi connectivity index (χ0n) is 3.17. The van der Waals surface area contributed by atoms with Crippen LogP contribution in [0.2, 0.25) is 0 Å². The van der Waals surface area contributed by atoms with Crippen molar-refractivity contribution in [2.75, 3.05) is 0 Å². The van der Waals surface area contributed by atoms with Crippen LogP contribution in [0.5, 0.6) is 0 Å². The van der Waals surface area contributed by atoms with Crippen LogP contribution in [0.1, 0.15) is 0 Å². The van der Waals surface area contributed by atoms with E-state index in [9.17, 15) is 8.78 Å². The number of hydrogen-bond donors (Lipinski definition) is 0. The maximum atomic E-state index is 11.3. The highest BCUT2D eigenvalue weighted by atomic mass is 35.5. The van der Waals surface area contributed by atoms with Gasteiger partial charge in [0, 0.05) is 11.6 Å². The lowest BCUT2D eigenvalue weighted by atomic mass is 10.7. The van der Waals surface area contributed by atoms with Gasteiger partial charge in [-0.25, -0.2) is 0 Å². The van der Waals surface area contributed by atoms with Gasteiger partial charge < -0.3 is 0 Å². The van der Waals surface area contributed by atoms with Crippen molar-refractivity contribution in [3.05, 3.63) is 11.6 Å². The minimum Gasteiger partial charge on any atom is -0.184 e. The Balaban J connectivity index is 3.56. The minimum atomic E-state index is -3.29. The summed E-state index contributed by atoms with van der Waals surface area (Å²) in [5.74, 6) is 0. The third-order valence-electron chi connectivity index (χ3n) is 0.252. The molecule has 0 N–H and O–H groups in total. The summed E-state index contributed by atoms with van der Waals surface area (Å²) in [5, 5.41) is -3.29. The molecule has 0 bridgehead atoms. The molecule has 0 aliphatic carbocycles. The average molecular weight is 147 g/mol. The molecule has 0 fully saturated rings. The Morgan fingerprint density at radius 1 is 1.43 bits per heavy atom. The van der Waals surface area contributed by atoms with E-state index in [-0.39, 0.29) is 0 Å². The molecule has 0 spiro atoms. The maximum absolute atomic E-state index is 11.3. The maximum Gasteiger partial charge on any atom is 0.342 e. The Hall–Kier alpha value is 0.180. The molecule has 0 heterocycles. The van der Waals surface area contributed by atoms with Crippen LogP contribution in [-0.2, 0) is 0 Å². The molecule has 0 amide bonds. The van der Waals surface area contributed by atoms with E-state index < -0.39 is 5.38 Å². The number of allylic oxidation sites excluding steroid dienone is 1. The molecule has 0 aliphatic heterocycles. The number of hydrogen-bond acceptors (Lipinski definition) is 0. The number of rotatable bonds is 1. The highest BCUT2D eigenvalue weighted by molar-refractivity contribution is 6.27. The van der Waals surface area contributed by atoms with Crippen LogP contribution in [-0.4, -0.2) is 5.38 Å². The molecule has 4 heteroatoms. The van der Waals surface area contributed by atoms with E-state index in [4.69, 9.17) is 11.6 Å². The molecule has 0 radical (unpaired) electrons. The highest BCUT2D eigenvalue weighted by Gasteiger charge is 2.18. The lowest BCUT2D eigenvalue weighted by Crippen LogP contribution is -1.96. The molecule has 0 aromatic rings. The van der Waals surface area contributed by atoms with Crippen LogP contribution in [0.25, 0.3) is 0 Å². The largest absolute Gasteiger partial charge is 0.342 e. The van der Waals surface area contributed by atoms with Crippen LogP contribution in [0.4, 0.5) is 8.78 Å². The van der Waals surface area contributed by atoms with Gasteiger partial charge in [0.25, 0.3) is 0 Å². The topological polar surface area (TPSA) is 0 Å². The molecular weight excluding hydrogens is 145 g/mol. The summed E-state index contributed by atoms with van der Waals surface area (Å²) >= 11 is 9.07. The predicted octanol–water partition coefficient (Wildman–Crippen LogP) is 2.57. The highest BCUT2D eigenvalue weighted by Crippen LogP contribution is 2.19. The fourth-order valence-corrected chi connectivity index (χ4v) is 0.357. The van der Waals surface area contributed by atoms with Gasteiger partial charge >= 0.3 is 5.38 Å². The van der Waals surface area contributed by atoms with Crippen LogP contribution in [0, 0.1) is 0 Å². The first-order valence-corrected chi connectivity index (χ1v) is 2.22. The molecule has 0 unspecified atom stereocenters. The van der Waals surface area contributed by atoms with E-state index in [0.717, 1.165) is 0 Å². The van der Waals surface area contributed by atoms with Gasteiger partial charge in [0.1, 0.15) is 0 Å². The van der Waals surface area contributed by atoms with E-state index in [2.05, 4.69) is 11.6 Å². The smallest absolute Gasteiger partial charge is 0.184 e. The summed E-state index contributed by atoms with van der Waals surface area (Å²) < 4.78 is 22.6. The second-order valence-corrected chi connectivity index (χ2v) is 1.59. The van der Waals surface area contributed by atoms with Crippen molar-refractivity contribution in [3.8, 4) is 0 Å². The first-order chi connectivity index (χ1) is 3.06. The van der Waals surface area contributed by atoms with Crippen molar-refractivity contribution in [3.63, 3.8) is 0 Å². The van der Waals surface area contributed by atoms with Crippen molar-refractivity contribution in [1.29, 1.82) is 0 Å². The number of alkyl halides is 3. The van der Waals surface area contributed by atoms with Gasteiger partial charge in [0.15, 0.2) is 0 Å². The van der Waals surface area contributed by atoms with E-state index >= 15 is 0 Å². The Bertz CT molecular complexity index is 73.5. The Morgan fingerprint density at radius 2 is 1.86 bits per heavy atom. The van der Waals surface area contributed by atoms with E-state index in [1.807, 2.05) is 0 Å². The Labute approximate surface area is 49.7 Å². The minimum absolute atomic E-state index is 0.385. The van der Waals surface area contributed by atoms with Gasteiger partial charge in [-0.3, -0.25) is 0 Å². The van der Waals surface area contributed by atoms with Gasteiger partial charge in [-0.05, 0) is 11.6 Å². The molecular formula is C3H2Cl2F2. The summed E-state index contributed by atoms with van der Waals surface area (Å²) in [6.07, 6.45) is 0.385. The van der Waals surface area contributed by atoms with Crippen LogP contribution < -0.4 is 0 Å². The summed E-state index contributed by atoms with van der Waals surface area (Å²) in [4.78, 5) is 0. The van der Waals surface area contributed by atoms with Crippen LogP contribution >= 0.6 is 23.2 Å². The molecule has 0 aromatic heterocycles. The van der Waals surface area contributed by atoms with Gasteiger partial charge in [0.2, 0.25) is 0 Å². The van der Waals surface area contributed by atoms with Crippen molar-refractivity contribution < 1.29 is 8.78 Å². The zero-order valence-corrected chi connectivity index (χ0v) is 4.68. The molecule has 0 aromatic carbocycles. The lowest BCUT2D eigenvalue weighted by molar-refractivity contribution is 0.153. The van der Waals surface area contributed by atoms with Crippen molar-refractivity contribution in [1.82, 2.24) is 0 Å². The summed E-state index contributed by atoms with van der Waals surface area (Å²) in [6.45, 7) is 0. The fourth-order valence-electron chi connectivity index (χ4n) is 0.0714. The second-order valence-electron chi connectivity index (χ2n) is 0.834. The molecule has 0 saturated heterocycles. The molecule has 7 heavy (non-hydrogen) atoms. The van der Waals surface area contributed by atoms with E-state index in [0.29, 0.717) is 11.6 Å². The van der Waals surface area contributed by atoms with Crippen LogP contribution in [0.3, 0.4) is 0 Å². The van der Waals surface area contributed by atoms with Gasteiger partial charge in [-0.15, -0.1) is 0 Å². The quantitative estimate of drug-likeness (QED) is 0.500. The lowest BCUT2D eigenvalue weighted by Gasteiger charge is -1.94. The summed E-state index contributed by atoms with van der Waals surface area (Å²) in [5.41, 5.74) is 0.674. The third kappa shape index (κ3) is 6.18. The zero-order chi connectivity index (χ0) is 5.91. The number of halogens is 4.